The topological polar surface area (TPSA) is 97.5 Å². The zero-order chi connectivity index (χ0) is 20.9. The second-order valence-corrected chi connectivity index (χ2v) is 7.26. The van der Waals surface area contributed by atoms with Crippen LogP contribution in [0.4, 0.5) is 5.82 Å². The Kier molecular flexibility index (Phi) is 5.79. The van der Waals surface area contributed by atoms with Crippen molar-refractivity contribution in [2.24, 2.45) is 0 Å². The molecule has 1 aromatic heterocycles. The summed E-state index contributed by atoms with van der Waals surface area (Å²) in [6.45, 7) is 2.29. The third-order valence-corrected chi connectivity index (χ3v) is 5.21. The summed E-state index contributed by atoms with van der Waals surface area (Å²) < 4.78 is 5.71. The fraction of sp³-hybridized carbons (Fsp3) is 0.261. The van der Waals surface area contributed by atoms with Gasteiger partial charge in [-0.1, -0.05) is 6.07 Å². The van der Waals surface area contributed by atoms with E-state index in [0.717, 1.165) is 36.7 Å². The summed E-state index contributed by atoms with van der Waals surface area (Å²) in [5.41, 5.74) is 7.03. The van der Waals surface area contributed by atoms with Gasteiger partial charge in [0.2, 0.25) is 0 Å². The molecule has 2 heterocycles. The molecule has 2 amide bonds. The van der Waals surface area contributed by atoms with E-state index in [4.69, 9.17) is 10.5 Å². The number of likely N-dealkylation sites (tertiary alicyclic amines) is 1. The van der Waals surface area contributed by atoms with Gasteiger partial charge in [-0.2, -0.15) is 0 Å². The fourth-order valence-corrected chi connectivity index (χ4v) is 3.56. The molecule has 1 aliphatic rings. The number of carbonyl (C=O) groups is 2. The number of hydrogen-bond donors (Lipinski definition) is 2. The molecule has 0 unspecified atom stereocenters. The molecule has 1 aliphatic heterocycles. The molecular weight excluding hydrogens is 380 g/mol. The number of nitrogen functional groups attached to an aromatic ring is 1. The average Bonchev–Trinajstić information content (AvgIpc) is 3.32. The van der Waals surface area contributed by atoms with Gasteiger partial charge >= 0.3 is 0 Å². The average molecular weight is 404 g/mol. The monoisotopic (exact) mass is 404 g/mol. The van der Waals surface area contributed by atoms with Gasteiger partial charge in [-0.15, -0.1) is 0 Å². The van der Waals surface area contributed by atoms with E-state index in [1.807, 2.05) is 29.2 Å². The van der Waals surface area contributed by atoms with Crippen molar-refractivity contribution in [2.75, 3.05) is 32.0 Å². The fourth-order valence-electron chi connectivity index (χ4n) is 3.56. The molecule has 7 nitrogen and oxygen atoms in total. The van der Waals surface area contributed by atoms with Crippen molar-refractivity contribution in [3.8, 4) is 5.75 Å². The smallest absolute Gasteiger partial charge is 0.253 e. The van der Waals surface area contributed by atoms with Crippen LogP contribution in [-0.2, 0) is 0 Å². The number of hydrogen-bond acceptors (Lipinski definition) is 5. The first-order chi connectivity index (χ1) is 14.6. The number of rotatable bonds is 6. The number of nitrogens with one attached hydrogen (secondary N) is 1. The van der Waals surface area contributed by atoms with Gasteiger partial charge in [0.05, 0.1) is 6.54 Å². The molecule has 4 rings (SSSR count). The normalized spacial score (nSPS) is 13.4. The zero-order valence-corrected chi connectivity index (χ0v) is 16.6. The number of benzene rings is 2. The van der Waals surface area contributed by atoms with Crippen molar-refractivity contribution >= 4 is 28.4 Å². The molecule has 0 bridgehead atoms. The first-order valence-corrected chi connectivity index (χ1v) is 10.1. The molecule has 2 aromatic carbocycles. The Morgan fingerprint density at radius 3 is 2.53 bits per heavy atom. The Morgan fingerprint density at radius 1 is 1.03 bits per heavy atom. The van der Waals surface area contributed by atoms with Crippen molar-refractivity contribution < 1.29 is 14.3 Å². The van der Waals surface area contributed by atoms with E-state index in [1.54, 1.807) is 30.5 Å². The van der Waals surface area contributed by atoms with Crippen LogP contribution in [0, 0.1) is 0 Å². The van der Waals surface area contributed by atoms with Crippen molar-refractivity contribution in [1.29, 1.82) is 0 Å². The molecule has 7 heteroatoms. The van der Waals surface area contributed by atoms with Gasteiger partial charge in [0.25, 0.3) is 11.8 Å². The van der Waals surface area contributed by atoms with Crippen LogP contribution in [0.25, 0.3) is 10.8 Å². The number of amides is 2. The Hall–Kier alpha value is -3.61. The number of nitrogens with two attached hydrogens (primary N) is 1. The van der Waals surface area contributed by atoms with Crippen LogP contribution in [0.15, 0.2) is 54.7 Å². The molecule has 0 atom stereocenters. The lowest BCUT2D eigenvalue weighted by Crippen LogP contribution is -2.29. The number of fused-ring (bicyclic) bond motifs is 1. The first-order valence-electron chi connectivity index (χ1n) is 10.1. The molecule has 30 heavy (non-hydrogen) atoms. The van der Waals surface area contributed by atoms with Crippen LogP contribution >= 0.6 is 0 Å². The summed E-state index contributed by atoms with van der Waals surface area (Å²) in [6, 6.07) is 14.3. The zero-order valence-electron chi connectivity index (χ0n) is 16.6. The van der Waals surface area contributed by atoms with E-state index in [-0.39, 0.29) is 11.8 Å². The largest absolute Gasteiger partial charge is 0.492 e. The Bertz CT molecular complexity index is 1060. The minimum absolute atomic E-state index is 0.0269. The lowest BCUT2D eigenvalue weighted by molar-refractivity contribution is 0.0792. The molecule has 0 radical (unpaired) electrons. The second-order valence-electron chi connectivity index (χ2n) is 7.26. The van der Waals surface area contributed by atoms with Crippen molar-refractivity contribution in [2.45, 2.75) is 12.8 Å². The number of nitrogens with zero attached hydrogens (tertiary/aromatic N) is 2. The minimum atomic E-state index is -0.203. The third-order valence-electron chi connectivity index (χ3n) is 5.21. The third kappa shape index (κ3) is 4.35. The van der Waals surface area contributed by atoms with Crippen LogP contribution in [0.3, 0.4) is 0 Å². The predicted octanol–water partition coefficient (Wildman–Crippen LogP) is 2.86. The van der Waals surface area contributed by atoms with Gasteiger partial charge in [0.1, 0.15) is 18.2 Å². The number of carbonyl (C=O) groups excluding carboxylic acids is 2. The maximum Gasteiger partial charge on any atom is 0.253 e. The van der Waals surface area contributed by atoms with Gasteiger partial charge in [0, 0.05) is 35.8 Å². The van der Waals surface area contributed by atoms with Crippen molar-refractivity contribution in [1.82, 2.24) is 15.2 Å². The molecule has 3 N–H and O–H groups in total. The van der Waals surface area contributed by atoms with Crippen LogP contribution < -0.4 is 15.8 Å². The quantitative estimate of drug-likeness (QED) is 0.616. The standard InChI is InChI=1S/C23H24N4O3/c24-21-20-15-19(8-7-16(20)9-10-25-21)30-14-11-26-22(28)17-3-5-18(6-4-17)23(29)27-12-1-2-13-27/h3-10,15H,1-2,11-14H2,(H2,24,25)(H,26,28). The van der Waals surface area contributed by atoms with Crippen LogP contribution in [0.5, 0.6) is 5.75 Å². The van der Waals surface area contributed by atoms with E-state index < -0.39 is 0 Å². The number of pyridine rings is 1. The van der Waals surface area contributed by atoms with Gasteiger partial charge in [-0.25, -0.2) is 4.98 Å². The molecule has 154 valence electrons. The van der Waals surface area contributed by atoms with Crippen molar-refractivity contribution in [3.05, 3.63) is 65.9 Å². The molecule has 0 saturated carbocycles. The highest BCUT2D eigenvalue weighted by molar-refractivity contribution is 5.98. The highest BCUT2D eigenvalue weighted by Crippen LogP contribution is 2.24. The minimum Gasteiger partial charge on any atom is -0.492 e. The predicted molar refractivity (Wildman–Crippen MR) is 116 cm³/mol. The second kappa shape index (κ2) is 8.82. The van der Waals surface area contributed by atoms with Gasteiger partial charge in [0.15, 0.2) is 0 Å². The maximum absolute atomic E-state index is 12.4. The van der Waals surface area contributed by atoms with E-state index in [9.17, 15) is 9.59 Å². The van der Waals surface area contributed by atoms with Crippen LogP contribution in [-0.4, -0.2) is 47.9 Å². The summed E-state index contributed by atoms with van der Waals surface area (Å²) in [7, 11) is 0. The lowest BCUT2D eigenvalue weighted by Gasteiger charge is -2.15. The first kappa shape index (κ1) is 19.7. The van der Waals surface area contributed by atoms with Crippen LogP contribution in [0.2, 0.25) is 0 Å². The van der Waals surface area contributed by atoms with Gasteiger partial charge in [-0.3, -0.25) is 9.59 Å². The Labute approximate surface area is 174 Å². The number of ether oxygens (including phenoxy) is 1. The van der Waals surface area contributed by atoms with E-state index >= 15 is 0 Å². The highest BCUT2D eigenvalue weighted by atomic mass is 16.5. The maximum atomic E-state index is 12.4. The summed E-state index contributed by atoms with van der Waals surface area (Å²) in [4.78, 5) is 30.6. The molecule has 0 spiro atoms. The van der Waals surface area contributed by atoms with Crippen molar-refractivity contribution in [3.63, 3.8) is 0 Å². The molecule has 1 fully saturated rings. The number of aromatic nitrogens is 1. The molecular formula is C23H24N4O3. The summed E-state index contributed by atoms with van der Waals surface area (Å²) in [5.74, 6) is 0.948. The van der Waals surface area contributed by atoms with Gasteiger partial charge in [-0.05, 0) is 60.7 Å². The highest BCUT2D eigenvalue weighted by Gasteiger charge is 2.19. The molecule has 0 aliphatic carbocycles. The SMILES string of the molecule is Nc1nccc2ccc(OCCNC(=O)c3ccc(C(=O)N4CCCC4)cc3)cc12. The van der Waals surface area contributed by atoms with Crippen LogP contribution in [0.1, 0.15) is 33.6 Å². The summed E-state index contributed by atoms with van der Waals surface area (Å²) >= 11 is 0. The Morgan fingerprint density at radius 2 is 1.77 bits per heavy atom. The van der Waals surface area contributed by atoms with Gasteiger partial charge < -0.3 is 20.7 Å². The number of anilines is 1. The molecule has 3 aromatic rings. The summed E-state index contributed by atoms with van der Waals surface area (Å²) in [5, 5.41) is 4.66. The van der Waals surface area contributed by atoms with E-state index in [2.05, 4.69) is 10.3 Å². The Balaban J connectivity index is 1.27. The molecule has 1 saturated heterocycles. The van der Waals surface area contributed by atoms with E-state index in [1.165, 1.54) is 0 Å². The lowest BCUT2D eigenvalue weighted by atomic mass is 10.1. The van der Waals surface area contributed by atoms with E-state index in [0.29, 0.717) is 35.8 Å². The summed E-state index contributed by atoms with van der Waals surface area (Å²) in [6.07, 6.45) is 3.78.